The van der Waals surface area contributed by atoms with Crippen molar-refractivity contribution in [1.82, 2.24) is 20.1 Å². The molecule has 1 atom stereocenters. The summed E-state index contributed by atoms with van der Waals surface area (Å²) >= 11 is 6.19. The molecule has 0 bridgehead atoms. The number of rotatable bonds is 7. The highest BCUT2D eigenvalue weighted by molar-refractivity contribution is 6.32. The van der Waals surface area contributed by atoms with Gasteiger partial charge in [0.2, 0.25) is 5.88 Å². The van der Waals surface area contributed by atoms with Crippen molar-refractivity contribution in [3.63, 3.8) is 0 Å². The Morgan fingerprint density at radius 1 is 1.27 bits per heavy atom. The number of piperazine rings is 1. The van der Waals surface area contributed by atoms with Crippen molar-refractivity contribution >= 4 is 17.5 Å². The molecule has 7 heteroatoms. The van der Waals surface area contributed by atoms with Gasteiger partial charge in [-0.2, -0.15) is 0 Å². The fourth-order valence-corrected chi connectivity index (χ4v) is 3.31. The summed E-state index contributed by atoms with van der Waals surface area (Å²) in [6.45, 7) is 13.0. The Hall–Kier alpha value is -1.37. The molecule has 1 fully saturated rings. The average molecular weight is 383 g/mol. The van der Waals surface area contributed by atoms with Crippen LogP contribution in [-0.2, 0) is 0 Å². The Bertz CT molecular complexity index is 601. The first-order chi connectivity index (χ1) is 12.3. The minimum Gasteiger partial charge on any atom is -0.474 e. The van der Waals surface area contributed by atoms with Crippen LogP contribution in [0.25, 0.3) is 0 Å². The maximum absolute atomic E-state index is 12.5. The first-order valence-corrected chi connectivity index (χ1v) is 9.68. The van der Waals surface area contributed by atoms with E-state index in [0.29, 0.717) is 35.0 Å². The number of halogens is 1. The standard InChI is InChI=1S/C19H31ClN4O2/c1-13(2)17(24-8-6-23(5)7-9-24)12-21-18(25)15-10-16(20)19(22-11-15)26-14(3)4/h10-11,13-14,17H,6-9,12H2,1-5H3,(H,21,25). The van der Waals surface area contributed by atoms with E-state index < -0.39 is 0 Å². The second kappa shape index (κ2) is 9.53. The molecule has 1 aliphatic heterocycles. The summed E-state index contributed by atoms with van der Waals surface area (Å²) in [6, 6.07) is 1.93. The van der Waals surface area contributed by atoms with Gasteiger partial charge >= 0.3 is 0 Å². The van der Waals surface area contributed by atoms with Gasteiger partial charge in [-0.1, -0.05) is 25.4 Å². The number of ether oxygens (including phenoxy) is 1. The molecule has 0 saturated carbocycles. The molecule has 26 heavy (non-hydrogen) atoms. The van der Waals surface area contributed by atoms with E-state index in [9.17, 15) is 4.79 Å². The lowest BCUT2D eigenvalue weighted by Crippen LogP contribution is -2.54. The third-order valence-corrected chi connectivity index (χ3v) is 4.94. The second-order valence-corrected chi connectivity index (χ2v) is 7.95. The van der Waals surface area contributed by atoms with E-state index in [2.05, 4.69) is 41.0 Å². The maximum atomic E-state index is 12.5. The van der Waals surface area contributed by atoms with Crippen LogP contribution in [-0.4, -0.2) is 72.6 Å². The molecule has 1 saturated heterocycles. The highest BCUT2D eigenvalue weighted by atomic mass is 35.5. The van der Waals surface area contributed by atoms with Crippen molar-refractivity contribution in [2.75, 3.05) is 39.8 Å². The number of aromatic nitrogens is 1. The van der Waals surface area contributed by atoms with Crippen LogP contribution in [0.4, 0.5) is 0 Å². The van der Waals surface area contributed by atoms with Crippen molar-refractivity contribution in [1.29, 1.82) is 0 Å². The van der Waals surface area contributed by atoms with E-state index in [1.165, 1.54) is 6.20 Å². The molecule has 1 aromatic heterocycles. The van der Waals surface area contributed by atoms with Gasteiger partial charge < -0.3 is 15.0 Å². The van der Waals surface area contributed by atoms with E-state index >= 15 is 0 Å². The van der Waals surface area contributed by atoms with Gasteiger partial charge in [0.05, 0.1) is 11.7 Å². The highest BCUT2D eigenvalue weighted by Gasteiger charge is 2.25. The topological polar surface area (TPSA) is 57.7 Å². The Balaban J connectivity index is 1.96. The fourth-order valence-electron chi connectivity index (χ4n) is 3.10. The SMILES string of the molecule is CC(C)Oc1ncc(C(=O)NCC(C(C)C)N2CCN(C)CC2)cc1Cl. The molecule has 146 valence electrons. The Kier molecular flexibility index (Phi) is 7.68. The monoisotopic (exact) mass is 382 g/mol. The molecule has 0 spiro atoms. The third-order valence-electron chi connectivity index (χ3n) is 4.67. The lowest BCUT2D eigenvalue weighted by atomic mass is 10.0. The van der Waals surface area contributed by atoms with E-state index in [1.807, 2.05) is 13.8 Å². The first kappa shape index (κ1) is 20.9. The molecule has 1 aromatic rings. The smallest absolute Gasteiger partial charge is 0.252 e. The van der Waals surface area contributed by atoms with E-state index in [4.69, 9.17) is 16.3 Å². The van der Waals surface area contributed by atoms with Crippen LogP contribution in [0.3, 0.4) is 0 Å². The van der Waals surface area contributed by atoms with Gasteiger partial charge in [0.1, 0.15) is 5.02 Å². The van der Waals surface area contributed by atoms with Crippen molar-refractivity contribution in [2.24, 2.45) is 5.92 Å². The summed E-state index contributed by atoms with van der Waals surface area (Å²) in [7, 11) is 2.15. The summed E-state index contributed by atoms with van der Waals surface area (Å²) in [6.07, 6.45) is 1.49. The van der Waals surface area contributed by atoms with Gasteiger partial charge in [-0.3, -0.25) is 9.69 Å². The summed E-state index contributed by atoms with van der Waals surface area (Å²) in [5, 5.41) is 3.40. The second-order valence-electron chi connectivity index (χ2n) is 7.54. The molecule has 6 nitrogen and oxygen atoms in total. The van der Waals surface area contributed by atoms with E-state index in [1.54, 1.807) is 6.07 Å². The van der Waals surface area contributed by atoms with Crippen molar-refractivity contribution in [3.8, 4) is 5.88 Å². The van der Waals surface area contributed by atoms with E-state index in [-0.39, 0.29) is 12.0 Å². The van der Waals surface area contributed by atoms with E-state index in [0.717, 1.165) is 26.2 Å². The van der Waals surface area contributed by atoms with Crippen molar-refractivity contribution < 1.29 is 9.53 Å². The largest absolute Gasteiger partial charge is 0.474 e. The molecule has 1 N–H and O–H groups in total. The summed E-state index contributed by atoms with van der Waals surface area (Å²) < 4.78 is 5.51. The molecule has 0 aromatic carbocycles. The fraction of sp³-hybridized carbons (Fsp3) is 0.684. The van der Waals surface area contributed by atoms with Crippen LogP contribution in [0.5, 0.6) is 5.88 Å². The molecule has 0 radical (unpaired) electrons. The van der Waals surface area contributed by atoms with Crippen LogP contribution in [0.1, 0.15) is 38.1 Å². The van der Waals surface area contributed by atoms with Crippen molar-refractivity contribution in [2.45, 2.75) is 39.8 Å². The predicted molar refractivity (Wildman–Crippen MR) is 105 cm³/mol. The van der Waals surface area contributed by atoms with Gasteiger partial charge in [0.25, 0.3) is 5.91 Å². The lowest BCUT2D eigenvalue weighted by molar-refractivity contribution is 0.0790. The van der Waals surface area contributed by atoms with Crippen LogP contribution in [0, 0.1) is 5.92 Å². The summed E-state index contributed by atoms with van der Waals surface area (Å²) in [5.41, 5.74) is 0.451. The highest BCUT2D eigenvalue weighted by Crippen LogP contribution is 2.23. The zero-order valence-electron chi connectivity index (χ0n) is 16.5. The molecule has 1 aliphatic rings. The van der Waals surface area contributed by atoms with Crippen molar-refractivity contribution in [3.05, 3.63) is 22.8 Å². The number of nitrogens with zero attached hydrogens (tertiary/aromatic N) is 3. The van der Waals surface area contributed by atoms with Gasteiger partial charge in [0, 0.05) is 45.0 Å². The minimum atomic E-state index is -0.157. The number of nitrogens with one attached hydrogen (secondary N) is 1. The summed E-state index contributed by atoms with van der Waals surface area (Å²) in [5.74, 6) is 0.660. The van der Waals surface area contributed by atoms with Crippen LogP contribution in [0.15, 0.2) is 12.3 Å². The third kappa shape index (κ3) is 5.83. The first-order valence-electron chi connectivity index (χ1n) is 9.31. The zero-order valence-corrected chi connectivity index (χ0v) is 17.2. The zero-order chi connectivity index (χ0) is 19.3. The number of likely N-dealkylation sites (N-methyl/N-ethyl adjacent to an activating group) is 1. The molecular weight excluding hydrogens is 352 g/mol. The number of carbonyl (C=O) groups is 1. The summed E-state index contributed by atoms with van der Waals surface area (Å²) in [4.78, 5) is 21.5. The molecule has 2 rings (SSSR count). The average Bonchev–Trinajstić information content (AvgIpc) is 2.57. The number of hydrogen-bond acceptors (Lipinski definition) is 5. The van der Waals surface area contributed by atoms with Gasteiger partial charge in [-0.25, -0.2) is 4.98 Å². The van der Waals surface area contributed by atoms with Crippen LogP contribution >= 0.6 is 11.6 Å². The Morgan fingerprint density at radius 2 is 1.92 bits per heavy atom. The molecule has 1 amide bonds. The van der Waals surface area contributed by atoms with Gasteiger partial charge in [-0.05, 0) is 32.9 Å². The number of amides is 1. The van der Waals surface area contributed by atoms with Gasteiger partial charge in [0.15, 0.2) is 0 Å². The number of pyridine rings is 1. The van der Waals surface area contributed by atoms with Gasteiger partial charge in [-0.15, -0.1) is 0 Å². The molecular formula is C19H31ClN4O2. The van der Waals surface area contributed by atoms with Crippen LogP contribution in [0.2, 0.25) is 5.02 Å². The minimum absolute atomic E-state index is 0.0185. The molecule has 0 aliphatic carbocycles. The molecule has 1 unspecified atom stereocenters. The normalized spacial score (nSPS) is 17.5. The predicted octanol–water partition coefficient (Wildman–Crippen LogP) is 2.52. The van der Waals surface area contributed by atoms with Crippen LogP contribution < -0.4 is 10.1 Å². The number of carbonyl (C=O) groups excluding carboxylic acids is 1. The quantitative estimate of drug-likeness (QED) is 0.785. The Morgan fingerprint density at radius 3 is 2.46 bits per heavy atom. The number of hydrogen-bond donors (Lipinski definition) is 1. The lowest BCUT2D eigenvalue weighted by Gasteiger charge is -2.39. The molecule has 2 heterocycles. The maximum Gasteiger partial charge on any atom is 0.252 e. The Labute approximate surface area is 161 Å².